The van der Waals surface area contributed by atoms with Crippen molar-refractivity contribution >= 4 is 5.91 Å². The summed E-state index contributed by atoms with van der Waals surface area (Å²) >= 11 is 0. The second kappa shape index (κ2) is 7.84. The molecule has 100 valence electrons. The lowest BCUT2D eigenvalue weighted by Crippen LogP contribution is -2.32. The Hall–Kier alpha value is -1.39. The van der Waals surface area contributed by atoms with Crippen LogP contribution in [-0.4, -0.2) is 31.7 Å². The number of hydrogen-bond acceptors (Lipinski definition) is 3. The normalized spacial score (nSPS) is 12.2. The zero-order valence-electron chi connectivity index (χ0n) is 11.1. The van der Waals surface area contributed by atoms with Crippen LogP contribution in [-0.2, 0) is 11.2 Å². The molecule has 4 nitrogen and oxygen atoms in total. The first-order chi connectivity index (χ1) is 8.67. The van der Waals surface area contributed by atoms with Gasteiger partial charge in [-0.3, -0.25) is 4.79 Å². The van der Waals surface area contributed by atoms with Crippen molar-refractivity contribution in [3.63, 3.8) is 0 Å². The van der Waals surface area contributed by atoms with Gasteiger partial charge < -0.3 is 15.8 Å². The Kier molecular flexibility index (Phi) is 6.39. The molecule has 0 fully saturated rings. The molecule has 4 heteroatoms. The smallest absolute Gasteiger partial charge is 0.251 e. The molecule has 1 aromatic rings. The van der Waals surface area contributed by atoms with E-state index in [1.807, 2.05) is 32.0 Å². The Morgan fingerprint density at radius 1 is 1.50 bits per heavy atom. The van der Waals surface area contributed by atoms with Crippen molar-refractivity contribution < 1.29 is 9.53 Å². The molecule has 0 saturated carbocycles. The van der Waals surface area contributed by atoms with E-state index in [-0.39, 0.29) is 12.0 Å². The van der Waals surface area contributed by atoms with Crippen molar-refractivity contribution in [2.24, 2.45) is 5.73 Å². The summed E-state index contributed by atoms with van der Waals surface area (Å²) in [6.45, 7) is 5.65. The molecule has 0 aromatic heterocycles. The molecule has 1 rings (SSSR count). The second-order valence-electron chi connectivity index (χ2n) is 4.22. The van der Waals surface area contributed by atoms with Crippen LogP contribution in [0.4, 0.5) is 0 Å². The number of amides is 1. The maximum absolute atomic E-state index is 11.9. The van der Waals surface area contributed by atoms with Crippen LogP contribution in [0.1, 0.15) is 29.8 Å². The van der Waals surface area contributed by atoms with Crippen LogP contribution >= 0.6 is 0 Å². The van der Waals surface area contributed by atoms with Gasteiger partial charge in [-0.1, -0.05) is 12.1 Å². The molecule has 0 aliphatic carbocycles. The van der Waals surface area contributed by atoms with Crippen molar-refractivity contribution in [3.05, 3.63) is 35.4 Å². The number of carbonyl (C=O) groups excluding carboxylic acids is 1. The summed E-state index contributed by atoms with van der Waals surface area (Å²) in [5.41, 5.74) is 7.26. The first-order valence-electron chi connectivity index (χ1n) is 6.36. The van der Waals surface area contributed by atoms with E-state index in [1.54, 1.807) is 6.07 Å². The van der Waals surface area contributed by atoms with Gasteiger partial charge in [-0.2, -0.15) is 0 Å². The maximum atomic E-state index is 11.9. The van der Waals surface area contributed by atoms with E-state index in [4.69, 9.17) is 10.5 Å². The molecule has 3 N–H and O–H groups in total. The largest absolute Gasteiger partial charge is 0.377 e. The molecule has 0 heterocycles. The number of nitrogens with one attached hydrogen (secondary N) is 1. The maximum Gasteiger partial charge on any atom is 0.251 e. The molecule has 0 aliphatic heterocycles. The van der Waals surface area contributed by atoms with Crippen LogP contribution in [0.25, 0.3) is 0 Å². The molecule has 1 aromatic carbocycles. The fourth-order valence-electron chi connectivity index (χ4n) is 1.72. The highest BCUT2D eigenvalue weighted by Gasteiger charge is 2.08. The molecule has 0 spiro atoms. The van der Waals surface area contributed by atoms with Gasteiger partial charge in [0.2, 0.25) is 0 Å². The summed E-state index contributed by atoms with van der Waals surface area (Å²) in [4.78, 5) is 11.9. The van der Waals surface area contributed by atoms with Crippen molar-refractivity contribution in [2.75, 3.05) is 19.7 Å². The zero-order chi connectivity index (χ0) is 13.4. The first kappa shape index (κ1) is 14.7. The molecule has 0 bridgehead atoms. The monoisotopic (exact) mass is 250 g/mol. The quantitative estimate of drug-likeness (QED) is 0.767. The van der Waals surface area contributed by atoms with Gasteiger partial charge in [0.05, 0.1) is 6.10 Å². The third-order valence-corrected chi connectivity index (χ3v) is 2.62. The minimum atomic E-state index is -0.0691. The van der Waals surface area contributed by atoms with E-state index < -0.39 is 0 Å². The summed E-state index contributed by atoms with van der Waals surface area (Å²) < 4.78 is 5.36. The van der Waals surface area contributed by atoms with Crippen molar-refractivity contribution in [3.8, 4) is 0 Å². The van der Waals surface area contributed by atoms with Crippen LogP contribution < -0.4 is 11.1 Å². The minimum absolute atomic E-state index is 0.0335. The fourth-order valence-corrected chi connectivity index (χ4v) is 1.72. The topological polar surface area (TPSA) is 64.3 Å². The molecular weight excluding hydrogens is 228 g/mol. The SMILES string of the molecule is CCOC(C)CNC(=O)c1cccc(CCN)c1. The lowest BCUT2D eigenvalue weighted by molar-refractivity contribution is 0.0695. The van der Waals surface area contributed by atoms with E-state index >= 15 is 0 Å². The average molecular weight is 250 g/mol. The molecule has 0 radical (unpaired) electrons. The van der Waals surface area contributed by atoms with Gasteiger partial charge in [-0.25, -0.2) is 0 Å². The first-order valence-corrected chi connectivity index (χ1v) is 6.36. The van der Waals surface area contributed by atoms with Crippen molar-refractivity contribution in [2.45, 2.75) is 26.4 Å². The molecule has 18 heavy (non-hydrogen) atoms. The van der Waals surface area contributed by atoms with E-state index in [2.05, 4.69) is 5.32 Å². The Bertz CT molecular complexity index is 380. The third-order valence-electron chi connectivity index (χ3n) is 2.62. The summed E-state index contributed by atoms with van der Waals surface area (Å²) in [6, 6.07) is 7.55. The zero-order valence-corrected chi connectivity index (χ0v) is 11.1. The molecule has 0 aliphatic rings. The predicted octanol–water partition coefficient (Wildman–Crippen LogP) is 1.34. The van der Waals surface area contributed by atoms with Crippen molar-refractivity contribution in [1.29, 1.82) is 0 Å². The van der Waals surface area contributed by atoms with Gasteiger partial charge in [0.1, 0.15) is 0 Å². The molecule has 1 unspecified atom stereocenters. The third kappa shape index (κ3) is 4.85. The summed E-state index contributed by atoms with van der Waals surface area (Å²) in [5.74, 6) is -0.0691. The van der Waals surface area contributed by atoms with E-state index in [0.717, 1.165) is 12.0 Å². The summed E-state index contributed by atoms with van der Waals surface area (Å²) in [7, 11) is 0. The van der Waals surface area contributed by atoms with Crippen LogP contribution in [0.3, 0.4) is 0 Å². The van der Waals surface area contributed by atoms with Gasteiger partial charge >= 0.3 is 0 Å². The van der Waals surface area contributed by atoms with Gasteiger partial charge in [-0.15, -0.1) is 0 Å². The standard InChI is InChI=1S/C14H22N2O2/c1-3-18-11(2)10-16-14(17)13-6-4-5-12(9-13)7-8-15/h4-6,9,11H,3,7-8,10,15H2,1-2H3,(H,16,17). The van der Waals surface area contributed by atoms with E-state index in [1.165, 1.54) is 0 Å². The highest BCUT2D eigenvalue weighted by molar-refractivity contribution is 5.94. The lowest BCUT2D eigenvalue weighted by atomic mass is 10.1. The Labute approximate surface area is 109 Å². The number of nitrogens with two attached hydrogens (primary N) is 1. The van der Waals surface area contributed by atoms with Gasteiger partial charge in [0.25, 0.3) is 5.91 Å². The molecule has 0 saturated heterocycles. The number of carbonyl (C=O) groups is 1. The summed E-state index contributed by atoms with van der Waals surface area (Å²) in [6.07, 6.45) is 0.822. The Morgan fingerprint density at radius 2 is 2.28 bits per heavy atom. The number of rotatable bonds is 7. The Balaban J connectivity index is 2.53. The van der Waals surface area contributed by atoms with E-state index in [0.29, 0.717) is 25.3 Å². The van der Waals surface area contributed by atoms with E-state index in [9.17, 15) is 4.79 Å². The average Bonchev–Trinajstić information content (AvgIpc) is 2.37. The summed E-state index contributed by atoms with van der Waals surface area (Å²) in [5, 5.41) is 2.86. The van der Waals surface area contributed by atoms with Gasteiger partial charge in [-0.05, 0) is 44.5 Å². The second-order valence-corrected chi connectivity index (χ2v) is 4.22. The van der Waals surface area contributed by atoms with Crippen LogP contribution in [0.15, 0.2) is 24.3 Å². The molecular formula is C14H22N2O2. The Morgan fingerprint density at radius 3 is 2.94 bits per heavy atom. The number of ether oxygens (including phenoxy) is 1. The number of hydrogen-bond donors (Lipinski definition) is 2. The van der Waals surface area contributed by atoms with Gasteiger partial charge in [0, 0.05) is 18.7 Å². The van der Waals surface area contributed by atoms with Crippen LogP contribution in [0.2, 0.25) is 0 Å². The van der Waals surface area contributed by atoms with Crippen LogP contribution in [0, 0.1) is 0 Å². The van der Waals surface area contributed by atoms with Crippen LogP contribution in [0.5, 0.6) is 0 Å². The molecule has 1 amide bonds. The highest BCUT2D eigenvalue weighted by atomic mass is 16.5. The lowest BCUT2D eigenvalue weighted by Gasteiger charge is -2.12. The predicted molar refractivity (Wildman–Crippen MR) is 72.6 cm³/mol. The number of benzene rings is 1. The minimum Gasteiger partial charge on any atom is -0.377 e. The van der Waals surface area contributed by atoms with Crippen molar-refractivity contribution in [1.82, 2.24) is 5.32 Å². The molecule has 1 atom stereocenters. The van der Waals surface area contributed by atoms with Gasteiger partial charge in [0.15, 0.2) is 0 Å². The fraction of sp³-hybridized carbons (Fsp3) is 0.500. The highest BCUT2D eigenvalue weighted by Crippen LogP contribution is 2.05.